The van der Waals surface area contributed by atoms with Gasteiger partial charge in [-0.3, -0.25) is 0 Å². The number of hydrogen-bond acceptors (Lipinski definition) is 1. The quantitative estimate of drug-likeness (QED) is 0.585. The first-order valence-electron chi connectivity index (χ1n) is 7.80. The molecule has 0 N–H and O–H groups in total. The number of rotatable bonds is 2. The van der Waals surface area contributed by atoms with Crippen LogP contribution in [-0.2, 0) is 23.5 Å². The number of nitrogens with zero attached hydrogens (tertiary/aromatic N) is 1. The van der Waals surface area contributed by atoms with Crippen LogP contribution < -0.4 is 8.92 Å². The van der Waals surface area contributed by atoms with E-state index in [9.17, 15) is 5.26 Å². The molecule has 1 aliphatic rings. The topological polar surface area (TPSA) is 23.8 Å². The Balaban J connectivity index is 2.19. The summed E-state index contributed by atoms with van der Waals surface area (Å²) < 4.78 is 4.17. The van der Waals surface area contributed by atoms with E-state index >= 15 is 0 Å². The van der Waals surface area contributed by atoms with E-state index in [2.05, 4.69) is 60.1 Å². The van der Waals surface area contributed by atoms with Gasteiger partial charge in [-0.1, -0.05) is 0 Å². The molecule has 0 unspecified atom stereocenters. The first kappa shape index (κ1) is 17.3. The molecule has 0 radical (unpaired) electrons. The van der Waals surface area contributed by atoms with Crippen molar-refractivity contribution in [3.05, 3.63) is 56.6 Å². The first-order chi connectivity index (χ1) is 11.2. The fourth-order valence-electron chi connectivity index (χ4n) is 2.98. The van der Waals surface area contributed by atoms with Gasteiger partial charge in [0.15, 0.2) is 0 Å². The molecule has 0 amide bonds. The zero-order valence-electron chi connectivity index (χ0n) is 13.3. The molecule has 0 fully saturated rings. The minimum absolute atomic E-state index is 0.412. The molecular formula is C19H18BrNSe2. The van der Waals surface area contributed by atoms with Gasteiger partial charge in [-0.15, -0.1) is 0 Å². The molecule has 0 aromatic heterocycles. The van der Waals surface area contributed by atoms with Gasteiger partial charge >= 0.3 is 160 Å². The van der Waals surface area contributed by atoms with E-state index in [1.807, 2.05) is 0 Å². The summed E-state index contributed by atoms with van der Waals surface area (Å²) in [5, 5.41) is 12.0. The molecule has 1 aliphatic heterocycles. The van der Waals surface area contributed by atoms with Crippen molar-refractivity contribution >= 4 is 54.8 Å². The van der Waals surface area contributed by atoms with Gasteiger partial charge in [0.1, 0.15) is 0 Å². The van der Waals surface area contributed by atoms with Gasteiger partial charge in [-0.25, -0.2) is 0 Å². The summed E-state index contributed by atoms with van der Waals surface area (Å²) in [5.41, 5.74) is 6.61. The monoisotopic (exact) mass is 499 g/mol. The van der Waals surface area contributed by atoms with Crippen LogP contribution in [0.3, 0.4) is 0 Å². The summed E-state index contributed by atoms with van der Waals surface area (Å²) in [5.74, 6) is 0. The van der Waals surface area contributed by atoms with Gasteiger partial charge in [-0.05, 0) is 0 Å². The fraction of sp³-hybridized carbons (Fsp3) is 0.316. The number of nitriles is 1. The maximum absolute atomic E-state index is 9.67. The first-order valence-corrected chi connectivity index (χ1v) is 12.7. The average molecular weight is 498 g/mol. The van der Waals surface area contributed by atoms with E-state index < -0.39 is 0 Å². The Hall–Kier alpha value is -0.551. The second kappa shape index (κ2) is 7.56. The minimum atomic E-state index is 0.412. The molecule has 3 rings (SSSR count). The predicted octanol–water partition coefficient (Wildman–Crippen LogP) is 2.82. The molecule has 0 saturated heterocycles. The van der Waals surface area contributed by atoms with Crippen molar-refractivity contribution in [2.45, 2.75) is 37.3 Å². The van der Waals surface area contributed by atoms with Crippen LogP contribution in [0.2, 0.25) is 0 Å². The molecule has 0 spiro atoms. The van der Waals surface area contributed by atoms with Crippen molar-refractivity contribution in [1.29, 1.82) is 5.26 Å². The van der Waals surface area contributed by atoms with Crippen LogP contribution in [0.5, 0.6) is 0 Å². The number of hydrogen-bond donors (Lipinski definition) is 0. The van der Waals surface area contributed by atoms with Crippen molar-refractivity contribution < 1.29 is 0 Å². The molecular weight excluding hydrogens is 480 g/mol. The third kappa shape index (κ3) is 3.19. The van der Waals surface area contributed by atoms with Crippen LogP contribution in [0.1, 0.15) is 41.7 Å². The van der Waals surface area contributed by atoms with E-state index in [0.29, 0.717) is 29.9 Å². The third-order valence-electron chi connectivity index (χ3n) is 4.22. The average Bonchev–Trinajstić information content (AvgIpc) is 2.56. The zero-order valence-corrected chi connectivity index (χ0v) is 18.3. The predicted molar refractivity (Wildman–Crippen MR) is 102 cm³/mol. The Morgan fingerprint density at radius 3 is 2.00 bits per heavy atom. The van der Waals surface area contributed by atoms with Gasteiger partial charge in [0, 0.05) is 0 Å². The second-order valence-corrected chi connectivity index (χ2v) is 10.4. The van der Waals surface area contributed by atoms with Crippen LogP contribution in [0, 0.1) is 11.3 Å². The van der Waals surface area contributed by atoms with E-state index in [4.69, 9.17) is 0 Å². The van der Waals surface area contributed by atoms with Crippen molar-refractivity contribution in [2.24, 2.45) is 0 Å². The van der Waals surface area contributed by atoms with Gasteiger partial charge in [0.25, 0.3) is 0 Å². The van der Waals surface area contributed by atoms with Crippen molar-refractivity contribution in [1.82, 2.24) is 0 Å². The second-order valence-electron chi connectivity index (χ2n) is 5.47. The SMILES string of the molecule is CCc1c(Br)c(C#N)c(CC)c2c1[Se]Cc1ccccc1C[Se]2. The van der Waals surface area contributed by atoms with E-state index in [1.165, 1.54) is 32.0 Å². The molecule has 1 nitrogen and oxygen atoms in total. The summed E-state index contributed by atoms with van der Waals surface area (Å²) in [7, 11) is 0. The molecule has 2 aromatic carbocycles. The number of benzene rings is 2. The maximum atomic E-state index is 9.67. The summed E-state index contributed by atoms with van der Waals surface area (Å²) >= 11 is 4.60. The van der Waals surface area contributed by atoms with Gasteiger partial charge in [0.2, 0.25) is 0 Å². The summed E-state index contributed by atoms with van der Waals surface area (Å²) in [6.07, 6.45) is 1.95. The van der Waals surface area contributed by atoms with Crippen molar-refractivity contribution in [2.75, 3.05) is 0 Å². The molecule has 4 heteroatoms. The van der Waals surface area contributed by atoms with Crippen molar-refractivity contribution in [3.63, 3.8) is 0 Å². The van der Waals surface area contributed by atoms with Gasteiger partial charge < -0.3 is 0 Å². The van der Waals surface area contributed by atoms with E-state index in [-0.39, 0.29) is 0 Å². The van der Waals surface area contributed by atoms with Gasteiger partial charge in [-0.2, -0.15) is 0 Å². The van der Waals surface area contributed by atoms with Crippen molar-refractivity contribution in [3.8, 4) is 6.07 Å². The molecule has 23 heavy (non-hydrogen) atoms. The Morgan fingerprint density at radius 2 is 1.52 bits per heavy atom. The van der Waals surface area contributed by atoms with Crippen LogP contribution in [-0.4, -0.2) is 29.9 Å². The third-order valence-corrected chi connectivity index (χ3v) is 10.8. The van der Waals surface area contributed by atoms with Crippen LogP contribution in [0.15, 0.2) is 28.7 Å². The van der Waals surface area contributed by atoms with Gasteiger partial charge in [0.05, 0.1) is 0 Å². The molecule has 0 atom stereocenters. The number of halogens is 1. The summed E-state index contributed by atoms with van der Waals surface area (Å²) in [6, 6.07) is 11.4. The summed E-state index contributed by atoms with van der Waals surface area (Å²) in [6.45, 7) is 4.40. The molecule has 0 bridgehead atoms. The van der Waals surface area contributed by atoms with Crippen LogP contribution >= 0.6 is 15.9 Å². The molecule has 0 aliphatic carbocycles. The normalized spacial score (nSPS) is 13.5. The van der Waals surface area contributed by atoms with Crippen LogP contribution in [0.4, 0.5) is 0 Å². The Labute approximate surface area is 159 Å². The Bertz CT molecular complexity index is 793. The molecule has 1 heterocycles. The molecule has 0 saturated carbocycles. The molecule has 118 valence electrons. The fourth-order valence-corrected chi connectivity index (χ4v) is 10.6. The summed E-state index contributed by atoms with van der Waals surface area (Å²) in [4.78, 5) is 0. The molecule has 2 aromatic rings. The zero-order chi connectivity index (χ0) is 16.4. The van der Waals surface area contributed by atoms with Crippen LogP contribution in [0.25, 0.3) is 0 Å². The Kier molecular flexibility index (Phi) is 5.68. The Morgan fingerprint density at radius 1 is 1.00 bits per heavy atom. The van der Waals surface area contributed by atoms with E-state index in [0.717, 1.165) is 28.2 Å². The standard InChI is InChI=1S/C19H18BrNSe2/c1-3-14-16(9-21)17(20)15(4-2)19-18(14)22-10-12-7-5-6-8-13(12)11-23-19/h5-8H,3-4,10-11H2,1-2H3. The number of fused-ring (bicyclic) bond motifs is 2. The van der Waals surface area contributed by atoms with E-state index in [1.54, 1.807) is 4.46 Å².